The van der Waals surface area contributed by atoms with Crippen LogP contribution in [0.15, 0.2) is 12.3 Å². The van der Waals surface area contributed by atoms with Crippen LogP contribution in [0.3, 0.4) is 0 Å². The van der Waals surface area contributed by atoms with E-state index in [1.54, 1.807) is 0 Å². The van der Waals surface area contributed by atoms with Gasteiger partial charge in [0.25, 0.3) is 0 Å². The largest absolute Gasteiger partial charge is 0.299 e. The maximum absolute atomic E-state index is 13.7. The van der Waals surface area contributed by atoms with E-state index >= 15 is 0 Å². The minimum Gasteiger partial charge on any atom is -0.299 e. The molecule has 0 N–H and O–H groups in total. The van der Waals surface area contributed by atoms with Gasteiger partial charge in [-0.15, -0.1) is 0 Å². The van der Waals surface area contributed by atoms with Crippen LogP contribution >= 0.6 is 0 Å². The first-order chi connectivity index (χ1) is 9.61. The van der Waals surface area contributed by atoms with Gasteiger partial charge in [-0.25, -0.2) is 8.78 Å². The number of hydrogen-bond donors (Lipinski definition) is 0. The first-order valence-electron chi connectivity index (χ1n) is 7.45. The summed E-state index contributed by atoms with van der Waals surface area (Å²) < 4.78 is 26.5. The molecule has 20 heavy (non-hydrogen) atoms. The maximum Gasteiger partial charge on any atom is 0.147 e. The number of Topliss-reactive ketones (excluding diaryl/α,β-unsaturated/α-hetero) is 1. The smallest absolute Gasteiger partial charge is 0.147 e. The highest BCUT2D eigenvalue weighted by Gasteiger charge is 2.28. The van der Waals surface area contributed by atoms with E-state index in [2.05, 4.69) is 11.9 Å². The van der Waals surface area contributed by atoms with Crippen molar-refractivity contribution < 1.29 is 13.6 Å². The zero-order chi connectivity index (χ0) is 14.5. The first-order valence-corrected chi connectivity index (χ1v) is 7.45. The lowest BCUT2D eigenvalue weighted by atomic mass is 9.77. The number of nitrogens with zero attached hydrogens (tertiary/aromatic N) is 1. The number of unbranched alkanes of at least 4 members (excludes halogenated alkanes) is 1. The Morgan fingerprint density at radius 3 is 2.60 bits per heavy atom. The second kappa shape index (κ2) is 6.91. The summed E-state index contributed by atoms with van der Waals surface area (Å²) in [5.41, 5.74) is 0.353. The number of carbonyl (C=O) groups excluding carboxylic acids is 1. The summed E-state index contributed by atoms with van der Waals surface area (Å²) in [5.74, 6) is -0.717. The van der Waals surface area contributed by atoms with Gasteiger partial charge >= 0.3 is 0 Å². The molecule has 0 unspecified atom stereocenters. The Morgan fingerprint density at radius 2 is 2.00 bits per heavy atom. The van der Waals surface area contributed by atoms with Gasteiger partial charge in [0, 0.05) is 24.3 Å². The van der Waals surface area contributed by atoms with Crippen molar-refractivity contribution in [3.63, 3.8) is 0 Å². The molecule has 0 bridgehead atoms. The molecular weight excluding hydrogens is 260 g/mol. The Hall–Kier alpha value is -1.32. The third kappa shape index (κ3) is 3.62. The lowest BCUT2D eigenvalue weighted by Gasteiger charge is -2.27. The molecule has 1 fully saturated rings. The zero-order valence-electron chi connectivity index (χ0n) is 11.9. The van der Waals surface area contributed by atoms with Crippen LogP contribution in [0, 0.1) is 17.6 Å². The Bertz CT molecular complexity index is 468. The molecule has 0 amide bonds. The minimum absolute atomic E-state index is 0.0193. The predicted octanol–water partition coefficient (Wildman–Crippen LogP) is 4.39. The quantitative estimate of drug-likeness (QED) is 0.801. The van der Waals surface area contributed by atoms with Crippen molar-refractivity contribution in [3.05, 3.63) is 29.6 Å². The van der Waals surface area contributed by atoms with Crippen LogP contribution in [-0.4, -0.2) is 10.8 Å². The highest BCUT2D eigenvalue weighted by Crippen LogP contribution is 2.36. The molecule has 110 valence electrons. The number of carbonyl (C=O) groups is 1. The fourth-order valence-electron chi connectivity index (χ4n) is 2.97. The lowest BCUT2D eigenvalue weighted by molar-refractivity contribution is -0.124. The predicted molar refractivity (Wildman–Crippen MR) is 73.4 cm³/mol. The van der Waals surface area contributed by atoms with Crippen molar-refractivity contribution in [1.29, 1.82) is 0 Å². The van der Waals surface area contributed by atoms with Gasteiger partial charge in [0.2, 0.25) is 0 Å². The van der Waals surface area contributed by atoms with Crippen molar-refractivity contribution in [2.45, 2.75) is 57.8 Å². The van der Waals surface area contributed by atoms with Crippen LogP contribution in [0.2, 0.25) is 0 Å². The zero-order valence-corrected chi connectivity index (χ0v) is 11.9. The van der Waals surface area contributed by atoms with Gasteiger partial charge in [-0.05, 0) is 32.1 Å². The number of hydrogen-bond acceptors (Lipinski definition) is 2. The average molecular weight is 281 g/mol. The van der Waals surface area contributed by atoms with Crippen LogP contribution in [0.1, 0.15) is 63.5 Å². The maximum atomic E-state index is 13.7. The standard InChI is InChI=1S/C16H21F2NO/c1-2-3-4-15(20)11-5-7-12(8-6-11)16-14(18)9-13(17)10-19-16/h9-12H,2-8H2,1H3/t11-,12-. The normalized spacial score (nSPS) is 22.8. The molecule has 1 aromatic heterocycles. The highest BCUT2D eigenvalue weighted by atomic mass is 19.1. The summed E-state index contributed by atoms with van der Waals surface area (Å²) in [6.07, 6.45) is 6.83. The van der Waals surface area contributed by atoms with Crippen LogP contribution < -0.4 is 0 Å². The Morgan fingerprint density at radius 1 is 1.30 bits per heavy atom. The summed E-state index contributed by atoms with van der Waals surface area (Å²) in [6, 6.07) is 0.890. The molecular formula is C16H21F2NO. The molecule has 1 heterocycles. The molecule has 2 rings (SSSR count). The molecule has 1 aliphatic carbocycles. The third-order valence-electron chi connectivity index (χ3n) is 4.18. The Kier molecular flexibility index (Phi) is 5.21. The minimum atomic E-state index is -0.644. The average Bonchev–Trinajstić information content (AvgIpc) is 2.45. The van der Waals surface area contributed by atoms with Gasteiger partial charge in [-0.1, -0.05) is 13.3 Å². The molecule has 4 heteroatoms. The van der Waals surface area contributed by atoms with E-state index in [0.717, 1.165) is 50.8 Å². The van der Waals surface area contributed by atoms with Crippen molar-refractivity contribution in [3.8, 4) is 0 Å². The van der Waals surface area contributed by atoms with Gasteiger partial charge in [0.15, 0.2) is 0 Å². The molecule has 0 radical (unpaired) electrons. The SMILES string of the molecule is CCCCC(=O)[C@H]1CC[C@H](c2ncc(F)cc2F)CC1. The molecule has 0 saturated heterocycles. The van der Waals surface area contributed by atoms with Crippen LogP contribution in [0.4, 0.5) is 8.78 Å². The van der Waals surface area contributed by atoms with E-state index in [1.807, 2.05) is 0 Å². The Labute approximate surface area is 118 Å². The highest BCUT2D eigenvalue weighted by molar-refractivity contribution is 5.81. The molecule has 0 spiro atoms. The van der Waals surface area contributed by atoms with E-state index in [1.165, 1.54) is 0 Å². The second-order valence-electron chi connectivity index (χ2n) is 5.64. The molecule has 0 aliphatic heterocycles. The van der Waals surface area contributed by atoms with Crippen LogP contribution in [0.5, 0.6) is 0 Å². The van der Waals surface area contributed by atoms with Crippen molar-refractivity contribution in [2.75, 3.05) is 0 Å². The number of rotatable bonds is 5. The van der Waals surface area contributed by atoms with Gasteiger partial charge in [0.1, 0.15) is 17.4 Å². The fourth-order valence-corrected chi connectivity index (χ4v) is 2.97. The lowest BCUT2D eigenvalue weighted by Crippen LogP contribution is -2.22. The van der Waals surface area contributed by atoms with Gasteiger partial charge < -0.3 is 0 Å². The number of aromatic nitrogens is 1. The molecule has 1 aliphatic rings. The van der Waals surface area contributed by atoms with Crippen molar-refractivity contribution in [1.82, 2.24) is 4.98 Å². The van der Waals surface area contributed by atoms with Crippen molar-refractivity contribution in [2.24, 2.45) is 5.92 Å². The van der Waals surface area contributed by atoms with E-state index in [-0.39, 0.29) is 11.8 Å². The van der Waals surface area contributed by atoms with Crippen LogP contribution in [0.25, 0.3) is 0 Å². The van der Waals surface area contributed by atoms with Gasteiger partial charge in [0.05, 0.1) is 11.9 Å². The summed E-state index contributed by atoms with van der Waals surface area (Å²) in [4.78, 5) is 15.9. The molecule has 1 saturated carbocycles. The second-order valence-corrected chi connectivity index (χ2v) is 5.64. The fraction of sp³-hybridized carbons (Fsp3) is 0.625. The monoisotopic (exact) mass is 281 g/mol. The number of ketones is 1. The van der Waals surface area contributed by atoms with Gasteiger partial charge in [-0.3, -0.25) is 9.78 Å². The summed E-state index contributed by atoms with van der Waals surface area (Å²) >= 11 is 0. The number of halogens is 2. The molecule has 0 aromatic carbocycles. The van der Waals surface area contributed by atoms with Crippen LogP contribution in [-0.2, 0) is 4.79 Å². The molecule has 1 aromatic rings. The summed E-state index contributed by atoms with van der Waals surface area (Å²) in [6.45, 7) is 2.08. The molecule has 2 nitrogen and oxygen atoms in total. The van der Waals surface area contributed by atoms with Gasteiger partial charge in [-0.2, -0.15) is 0 Å². The molecule has 0 atom stereocenters. The van der Waals surface area contributed by atoms with E-state index in [9.17, 15) is 13.6 Å². The van der Waals surface area contributed by atoms with E-state index in [0.29, 0.717) is 17.9 Å². The topological polar surface area (TPSA) is 30.0 Å². The number of pyridine rings is 1. The third-order valence-corrected chi connectivity index (χ3v) is 4.18. The first kappa shape index (κ1) is 15.1. The van der Waals surface area contributed by atoms with E-state index in [4.69, 9.17) is 0 Å². The summed E-state index contributed by atoms with van der Waals surface area (Å²) in [7, 11) is 0. The Balaban J connectivity index is 1.92. The van der Waals surface area contributed by atoms with Crippen molar-refractivity contribution >= 4 is 5.78 Å². The van der Waals surface area contributed by atoms with E-state index < -0.39 is 11.6 Å². The summed E-state index contributed by atoms with van der Waals surface area (Å²) in [5, 5.41) is 0.